The van der Waals surface area contributed by atoms with Gasteiger partial charge in [0.2, 0.25) is 0 Å². The summed E-state index contributed by atoms with van der Waals surface area (Å²) in [5.74, 6) is -0.225. The Bertz CT molecular complexity index is 761. The summed E-state index contributed by atoms with van der Waals surface area (Å²) in [7, 11) is 1.60. The maximum atomic E-state index is 12.9. The van der Waals surface area contributed by atoms with E-state index < -0.39 is 25.3 Å². The molecule has 0 fully saturated rings. The van der Waals surface area contributed by atoms with Gasteiger partial charge in [0, 0.05) is 12.1 Å². The molecule has 0 spiro atoms. The molecule has 1 aliphatic rings. The van der Waals surface area contributed by atoms with Crippen LogP contribution in [0.25, 0.3) is 0 Å². The Hall–Kier alpha value is -2.55. The summed E-state index contributed by atoms with van der Waals surface area (Å²) >= 11 is 0. The Morgan fingerprint density at radius 1 is 1.19 bits per heavy atom. The van der Waals surface area contributed by atoms with Gasteiger partial charge < -0.3 is 24.4 Å². The van der Waals surface area contributed by atoms with Gasteiger partial charge in [0.25, 0.3) is 5.91 Å². The number of carbonyl (C=O) groups is 3. The van der Waals surface area contributed by atoms with Crippen LogP contribution in [0.2, 0.25) is 19.6 Å². The lowest BCUT2D eigenvalue weighted by Gasteiger charge is -2.43. The molecule has 1 N–H and O–H groups in total. The molecule has 2 rings (SSSR count). The molecule has 1 atom stereocenters. The summed E-state index contributed by atoms with van der Waals surface area (Å²) in [4.78, 5) is 39.3. The zero-order chi connectivity index (χ0) is 20.4. The predicted octanol–water partition coefficient (Wildman–Crippen LogP) is 1.80. The highest BCUT2D eigenvalue weighted by Gasteiger charge is 2.54. The molecule has 148 valence electrons. The highest BCUT2D eigenvalue weighted by molar-refractivity contribution is 6.82. The molecule has 0 saturated carbocycles. The first kappa shape index (κ1) is 20.8. The van der Waals surface area contributed by atoms with E-state index in [0.29, 0.717) is 17.9 Å². The Kier molecular flexibility index (Phi) is 5.84. The minimum absolute atomic E-state index is 0.000322. The van der Waals surface area contributed by atoms with E-state index >= 15 is 0 Å². The number of esters is 1. The Balaban J connectivity index is 2.42. The number of hydrogen-bond donors (Lipinski definition) is 1. The normalized spacial score (nSPS) is 15.6. The molecule has 0 bridgehead atoms. The van der Waals surface area contributed by atoms with Gasteiger partial charge in [-0.15, -0.1) is 0 Å². The van der Waals surface area contributed by atoms with Crippen LogP contribution in [0.5, 0.6) is 5.75 Å². The zero-order valence-corrected chi connectivity index (χ0v) is 17.5. The van der Waals surface area contributed by atoms with Gasteiger partial charge in [-0.25, -0.2) is 9.59 Å². The van der Waals surface area contributed by atoms with Crippen molar-refractivity contribution in [3.63, 3.8) is 0 Å². The van der Waals surface area contributed by atoms with Crippen LogP contribution in [0, 0.1) is 0 Å². The summed E-state index contributed by atoms with van der Waals surface area (Å²) in [6.45, 7) is 6.12. The van der Waals surface area contributed by atoms with Crippen LogP contribution in [0.4, 0.5) is 4.79 Å². The van der Waals surface area contributed by atoms with Gasteiger partial charge in [0.05, 0.1) is 35.9 Å². The molecule has 0 radical (unpaired) electrons. The van der Waals surface area contributed by atoms with Crippen molar-refractivity contribution in [1.29, 1.82) is 0 Å². The van der Waals surface area contributed by atoms with E-state index in [1.54, 1.807) is 17.0 Å². The van der Waals surface area contributed by atoms with Gasteiger partial charge in [-0.05, 0) is 17.7 Å². The van der Waals surface area contributed by atoms with E-state index in [4.69, 9.17) is 14.2 Å². The fourth-order valence-corrected chi connectivity index (χ4v) is 5.02. The second-order valence-electron chi connectivity index (χ2n) is 7.45. The Labute approximate surface area is 159 Å². The van der Waals surface area contributed by atoms with E-state index in [9.17, 15) is 14.4 Å². The number of nitrogens with zero attached hydrogens (tertiary/aromatic N) is 1. The standard InChI is InChI=1S/C18H26N2O6Si/c1-24-13-8-7-12-10-20(15(21)14(12)9-13)11-18(16(22)25-2,27(4,5)6)19-17(23)26-3/h7-9H,10-11H2,1-6H3,(H,19,23). The molecule has 0 aliphatic carbocycles. The van der Waals surface area contributed by atoms with Crippen molar-refractivity contribution in [2.45, 2.75) is 31.3 Å². The molecular weight excluding hydrogens is 368 g/mol. The number of carbonyl (C=O) groups excluding carboxylic acids is 3. The van der Waals surface area contributed by atoms with Gasteiger partial charge in [0.15, 0.2) is 0 Å². The number of alkyl carbamates (subject to hydrolysis) is 1. The molecule has 2 amide bonds. The Morgan fingerprint density at radius 3 is 2.37 bits per heavy atom. The molecule has 8 nitrogen and oxygen atoms in total. The van der Waals surface area contributed by atoms with Crippen LogP contribution < -0.4 is 10.1 Å². The molecule has 0 aromatic heterocycles. The van der Waals surface area contributed by atoms with Crippen LogP contribution >= 0.6 is 0 Å². The number of ether oxygens (including phenoxy) is 3. The van der Waals surface area contributed by atoms with Crippen LogP contribution in [-0.4, -0.2) is 64.0 Å². The molecule has 1 unspecified atom stereocenters. The fourth-order valence-electron chi connectivity index (χ4n) is 3.17. The average molecular weight is 395 g/mol. The Morgan fingerprint density at radius 2 is 1.85 bits per heavy atom. The van der Waals surface area contributed by atoms with Gasteiger partial charge in [0.1, 0.15) is 10.9 Å². The second kappa shape index (κ2) is 7.59. The molecule has 1 heterocycles. The van der Waals surface area contributed by atoms with E-state index in [1.165, 1.54) is 21.3 Å². The first-order valence-electron chi connectivity index (χ1n) is 8.50. The van der Waals surface area contributed by atoms with Gasteiger partial charge in [-0.3, -0.25) is 4.79 Å². The van der Waals surface area contributed by atoms with Gasteiger partial charge >= 0.3 is 12.1 Å². The van der Waals surface area contributed by atoms with Crippen molar-refractivity contribution >= 4 is 26.0 Å². The summed E-state index contributed by atoms with van der Waals surface area (Å²) in [5, 5.41) is 1.32. The maximum Gasteiger partial charge on any atom is 0.407 e. The fraction of sp³-hybridized carbons (Fsp3) is 0.500. The first-order valence-corrected chi connectivity index (χ1v) is 12.0. The number of rotatable bonds is 6. The SMILES string of the molecule is COC(=O)NC(CN1Cc2ccc(OC)cc2C1=O)(C(=O)OC)[Si](C)(C)C. The predicted molar refractivity (Wildman–Crippen MR) is 101 cm³/mol. The molecule has 1 aliphatic heterocycles. The van der Waals surface area contributed by atoms with Crippen LogP contribution in [-0.2, 0) is 20.8 Å². The molecule has 1 aromatic carbocycles. The van der Waals surface area contributed by atoms with Crippen molar-refractivity contribution in [1.82, 2.24) is 10.2 Å². The van der Waals surface area contributed by atoms with E-state index in [0.717, 1.165) is 5.56 Å². The number of fused-ring (bicyclic) bond motifs is 1. The number of benzene rings is 1. The third-order valence-electron chi connectivity index (χ3n) is 4.94. The molecule has 0 saturated heterocycles. The third-order valence-corrected chi connectivity index (χ3v) is 7.99. The van der Waals surface area contributed by atoms with Crippen molar-refractivity contribution in [3.8, 4) is 5.75 Å². The molecule has 27 heavy (non-hydrogen) atoms. The number of methoxy groups -OCH3 is 3. The highest BCUT2D eigenvalue weighted by atomic mass is 28.3. The third kappa shape index (κ3) is 3.78. The second-order valence-corrected chi connectivity index (χ2v) is 12.8. The van der Waals surface area contributed by atoms with E-state index in [-0.39, 0.29) is 12.5 Å². The van der Waals surface area contributed by atoms with E-state index in [1.807, 2.05) is 25.7 Å². The van der Waals surface area contributed by atoms with Gasteiger partial charge in [-0.2, -0.15) is 0 Å². The summed E-state index contributed by atoms with van der Waals surface area (Å²) in [6.07, 6.45) is -0.742. The lowest BCUT2D eigenvalue weighted by atomic mass is 10.1. The number of nitrogens with one attached hydrogen (secondary N) is 1. The molecule has 1 aromatic rings. The topological polar surface area (TPSA) is 94.2 Å². The number of amides is 2. The van der Waals surface area contributed by atoms with Gasteiger partial charge in [-0.1, -0.05) is 25.7 Å². The van der Waals surface area contributed by atoms with Crippen molar-refractivity contribution in [2.24, 2.45) is 0 Å². The number of hydrogen-bond acceptors (Lipinski definition) is 6. The lowest BCUT2D eigenvalue weighted by molar-refractivity contribution is -0.145. The largest absolute Gasteiger partial charge is 0.497 e. The van der Waals surface area contributed by atoms with Crippen molar-refractivity contribution in [3.05, 3.63) is 29.3 Å². The monoisotopic (exact) mass is 394 g/mol. The van der Waals surface area contributed by atoms with Crippen LogP contribution in [0.15, 0.2) is 18.2 Å². The van der Waals surface area contributed by atoms with Crippen molar-refractivity contribution < 1.29 is 28.6 Å². The zero-order valence-electron chi connectivity index (χ0n) is 16.5. The lowest BCUT2D eigenvalue weighted by Crippen LogP contribution is -2.73. The van der Waals surface area contributed by atoms with Crippen LogP contribution in [0.1, 0.15) is 15.9 Å². The summed E-state index contributed by atoms with van der Waals surface area (Å²) < 4.78 is 14.9. The molecular formula is C18H26N2O6Si. The minimum atomic E-state index is -2.42. The average Bonchev–Trinajstić information content (AvgIpc) is 2.94. The summed E-state index contributed by atoms with van der Waals surface area (Å²) in [5.41, 5.74) is 1.37. The minimum Gasteiger partial charge on any atom is -0.497 e. The maximum absolute atomic E-state index is 12.9. The quantitative estimate of drug-likeness (QED) is 0.584. The highest BCUT2D eigenvalue weighted by Crippen LogP contribution is 2.31. The van der Waals surface area contributed by atoms with Crippen LogP contribution in [0.3, 0.4) is 0 Å². The van der Waals surface area contributed by atoms with Crippen molar-refractivity contribution in [2.75, 3.05) is 27.9 Å². The smallest absolute Gasteiger partial charge is 0.407 e. The van der Waals surface area contributed by atoms with E-state index in [2.05, 4.69) is 5.32 Å². The molecule has 9 heteroatoms. The first-order chi connectivity index (χ1) is 12.6. The summed E-state index contributed by atoms with van der Waals surface area (Å²) in [6, 6.07) is 5.29.